The van der Waals surface area contributed by atoms with Crippen LogP contribution in [-0.4, -0.2) is 82.2 Å². The maximum absolute atomic E-state index is 13.7. The van der Waals surface area contributed by atoms with Crippen molar-refractivity contribution in [1.29, 1.82) is 0 Å². The van der Waals surface area contributed by atoms with Gasteiger partial charge in [-0.15, -0.1) is 0 Å². The van der Waals surface area contributed by atoms with Crippen LogP contribution >= 0.6 is 0 Å². The number of methoxy groups -OCH3 is 1. The molecule has 4 atom stereocenters. The number of aromatic hydroxyl groups is 1. The molecule has 1 aromatic carbocycles. The molecule has 0 heterocycles. The number of benzene rings is 1. The normalized spacial score (nSPS) is 27.0. The number of aliphatic hydroxyl groups is 3. The van der Waals surface area contributed by atoms with Gasteiger partial charge in [0.2, 0.25) is 5.78 Å². The lowest BCUT2D eigenvalue weighted by molar-refractivity contribution is -0.148. The third-order valence-corrected chi connectivity index (χ3v) is 7.82. The molecule has 0 aliphatic heterocycles. The second kappa shape index (κ2) is 9.72. The third kappa shape index (κ3) is 3.96. The van der Waals surface area contributed by atoms with E-state index in [0.717, 1.165) is 6.54 Å². The Morgan fingerprint density at radius 1 is 1.26 bits per heavy atom. The molecular weight excluding hydrogens is 494 g/mol. The number of nitrogens with zero attached hydrogens (tertiary/aromatic N) is 1. The topological polar surface area (TPSA) is 183 Å². The van der Waals surface area contributed by atoms with Crippen LogP contribution in [0.25, 0.3) is 0 Å². The van der Waals surface area contributed by atoms with Crippen LogP contribution in [0.3, 0.4) is 0 Å². The van der Waals surface area contributed by atoms with Crippen molar-refractivity contribution in [3.05, 3.63) is 45.4 Å². The van der Waals surface area contributed by atoms with Gasteiger partial charge in [-0.3, -0.25) is 19.3 Å². The lowest BCUT2D eigenvalue weighted by atomic mass is 9.58. The van der Waals surface area contributed by atoms with Crippen LogP contribution in [0.1, 0.15) is 41.8 Å². The highest BCUT2D eigenvalue weighted by Gasteiger charge is 2.63. The number of amides is 1. The monoisotopic (exact) mass is 529 g/mol. The molecule has 0 radical (unpaired) electrons. The summed E-state index contributed by atoms with van der Waals surface area (Å²) in [5.41, 5.74) is 2.71. The lowest BCUT2D eigenvalue weighted by Gasteiger charge is -2.50. The molecule has 1 aromatic rings. The Hall–Kier alpha value is -3.41. The molecule has 0 saturated carbocycles. The summed E-state index contributed by atoms with van der Waals surface area (Å²) >= 11 is 0. The van der Waals surface area contributed by atoms with E-state index in [0.29, 0.717) is 29.3 Å². The van der Waals surface area contributed by atoms with Gasteiger partial charge < -0.3 is 36.2 Å². The highest BCUT2D eigenvalue weighted by atomic mass is 16.5. The van der Waals surface area contributed by atoms with Crippen molar-refractivity contribution < 1.29 is 39.5 Å². The molecule has 7 N–H and O–H groups in total. The Kier molecular flexibility index (Phi) is 7.06. The number of nitrogens with two attached hydrogens (primary N) is 1. The van der Waals surface area contributed by atoms with Crippen LogP contribution in [-0.2, 0) is 22.6 Å². The first-order valence-electron chi connectivity index (χ1n) is 12.5. The fourth-order valence-corrected chi connectivity index (χ4v) is 6.24. The molecule has 4 rings (SSSR count). The van der Waals surface area contributed by atoms with Crippen molar-refractivity contribution in [2.45, 2.75) is 44.9 Å². The first kappa shape index (κ1) is 27.6. The molecule has 38 heavy (non-hydrogen) atoms. The van der Waals surface area contributed by atoms with E-state index in [-0.39, 0.29) is 29.7 Å². The zero-order valence-corrected chi connectivity index (χ0v) is 22.2. The SMILES string of the molecule is COc1c(CNCC(C)C)cc(O)c2c1C[C@H]1C[C@H]3[C@H](N(C)C)C(O)=C(C(N)=O)C(=O)[C@@]3(O)C(O)=C1C2=O. The van der Waals surface area contributed by atoms with Crippen LogP contribution in [0.5, 0.6) is 11.5 Å². The van der Waals surface area contributed by atoms with Gasteiger partial charge in [-0.25, -0.2) is 0 Å². The zero-order chi connectivity index (χ0) is 28.3. The molecule has 206 valence electrons. The van der Waals surface area contributed by atoms with E-state index in [1.165, 1.54) is 18.1 Å². The lowest BCUT2D eigenvalue weighted by Crippen LogP contribution is -2.63. The fourth-order valence-electron chi connectivity index (χ4n) is 6.24. The highest BCUT2D eigenvalue weighted by Crippen LogP contribution is 2.53. The number of phenols is 1. The number of rotatable bonds is 7. The summed E-state index contributed by atoms with van der Waals surface area (Å²) in [4.78, 5) is 40.7. The number of allylic oxidation sites excluding steroid dienone is 1. The Balaban J connectivity index is 1.88. The van der Waals surface area contributed by atoms with E-state index in [1.807, 2.05) is 0 Å². The van der Waals surface area contributed by atoms with Crippen molar-refractivity contribution >= 4 is 17.5 Å². The van der Waals surface area contributed by atoms with Crippen molar-refractivity contribution in [3.8, 4) is 11.5 Å². The Labute approximate surface area is 220 Å². The van der Waals surface area contributed by atoms with Gasteiger partial charge in [0.05, 0.1) is 18.7 Å². The van der Waals surface area contributed by atoms with Gasteiger partial charge in [-0.1, -0.05) is 13.8 Å². The number of primary amides is 1. The van der Waals surface area contributed by atoms with E-state index in [4.69, 9.17) is 10.5 Å². The van der Waals surface area contributed by atoms with Crippen molar-refractivity contribution in [2.75, 3.05) is 27.7 Å². The number of Topliss-reactive ketones (excluding diaryl/α,β-unsaturated/α-hetero) is 2. The number of hydrogen-bond acceptors (Lipinski definition) is 10. The van der Waals surface area contributed by atoms with Gasteiger partial charge in [-0.05, 0) is 51.4 Å². The molecule has 0 bridgehead atoms. The molecular formula is C27H35N3O8. The average Bonchev–Trinajstić information content (AvgIpc) is 2.80. The summed E-state index contributed by atoms with van der Waals surface area (Å²) in [6.07, 6.45) is 0.189. The Morgan fingerprint density at radius 3 is 2.47 bits per heavy atom. The summed E-state index contributed by atoms with van der Waals surface area (Å²) in [7, 11) is 4.65. The van der Waals surface area contributed by atoms with Crippen LogP contribution in [0, 0.1) is 17.8 Å². The second-order valence-corrected chi connectivity index (χ2v) is 10.9. The largest absolute Gasteiger partial charge is 0.510 e. The molecule has 3 aliphatic carbocycles. The van der Waals surface area contributed by atoms with E-state index < -0.39 is 58.0 Å². The number of likely N-dealkylation sites (N-methyl/N-ethyl adjacent to an activating group) is 1. The first-order chi connectivity index (χ1) is 17.8. The quantitative estimate of drug-likeness (QED) is 0.277. The standard InChI is InChI=1S/C27H35N3O8/c1-11(2)9-29-10-13-8-16(31)18-14(23(13)38-5)6-12-7-15-20(30(3)4)22(33)19(26(28)36)25(35)27(15,37)24(34)17(12)21(18)32/h8,11-12,15,20,29,31,33-34,37H,6-7,9-10H2,1-5H3,(H2,28,36)/t12-,15-,20-,27-/m0/s1. The number of ketones is 2. The number of carbonyl (C=O) groups excluding carboxylic acids is 3. The molecule has 0 saturated heterocycles. The summed E-state index contributed by atoms with van der Waals surface area (Å²) in [6.45, 7) is 5.25. The van der Waals surface area contributed by atoms with Crippen LogP contribution in [0.2, 0.25) is 0 Å². The Bertz CT molecular complexity index is 1280. The van der Waals surface area contributed by atoms with Gasteiger partial charge in [0.25, 0.3) is 5.91 Å². The Morgan fingerprint density at radius 2 is 1.92 bits per heavy atom. The second-order valence-electron chi connectivity index (χ2n) is 10.9. The number of carbonyl (C=O) groups is 3. The number of fused-ring (bicyclic) bond motifs is 3. The molecule has 1 amide bonds. The molecule has 0 spiro atoms. The van der Waals surface area contributed by atoms with Gasteiger partial charge in [0, 0.05) is 29.2 Å². The predicted molar refractivity (Wildman–Crippen MR) is 137 cm³/mol. The van der Waals surface area contributed by atoms with Crippen molar-refractivity contribution in [2.24, 2.45) is 23.5 Å². The van der Waals surface area contributed by atoms with E-state index >= 15 is 0 Å². The predicted octanol–water partition coefficient (Wildman–Crippen LogP) is 0.875. The smallest absolute Gasteiger partial charge is 0.255 e. The van der Waals surface area contributed by atoms with Gasteiger partial charge in [0.15, 0.2) is 11.4 Å². The summed E-state index contributed by atoms with van der Waals surface area (Å²) in [5.74, 6) is -5.97. The molecule has 11 heteroatoms. The first-order valence-corrected chi connectivity index (χ1v) is 12.5. The number of ether oxygens (including phenoxy) is 1. The van der Waals surface area contributed by atoms with E-state index in [2.05, 4.69) is 19.2 Å². The minimum atomic E-state index is -2.66. The molecule has 0 unspecified atom stereocenters. The fraction of sp³-hybridized carbons (Fsp3) is 0.519. The number of nitrogens with one attached hydrogen (secondary N) is 1. The maximum Gasteiger partial charge on any atom is 0.255 e. The summed E-state index contributed by atoms with van der Waals surface area (Å²) in [5, 5.41) is 48.0. The maximum atomic E-state index is 13.7. The molecule has 3 aliphatic rings. The minimum Gasteiger partial charge on any atom is -0.510 e. The van der Waals surface area contributed by atoms with Gasteiger partial charge in [0.1, 0.15) is 28.6 Å². The van der Waals surface area contributed by atoms with Gasteiger partial charge in [-0.2, -0.15) is 0 Å². The van der Waals surface area contributed by atoms with Crippen LogP contribution < -0.4 is 15.8 Å². The van der Waals surface area contributed by atoms with Crippen LogP contribution in [0.4, 0.5) is 0 Å². The van der Waals surface area contributed by atoms with Crippen LogP contribution in [0.15, 0.2) is 28.7 Å². The van der Waals surface area contributed by atoms with Gasteiger partial charge >= 0.3 is 0 Å². The molecule has 0 aromatic heterocycles. The molecule has 0 fully saturated rings. The van der Waals surface area contributed by atoms with E-state index in [9.17, 15) is 34.8 Å². The van der Waals surface area contributed by atoms with E-state index in [1.54, 1.807) is 14.1 Å². The van der Waals surface area contributed by atoms with Crippen molar-refractivity contribution in [3.63, 3.8) is 0 Å². The highest BCUT2D eigenvalue weighted by molar-refractivity contribution is 6.24. The van der Waals surface area contributed by atoms with Crippen molar-refractivity contribution in [1.82, 2.24) is 10.2 Å². The summed E-state index contributed by atoms with van der Waals surface area (Å²) < 4.78 is 5.68. The zero-order valence-electron chi connectivity index (χ0n) is 22.2. The minimum absolute atomic E-state index is 0.0194. The number of phenolic OH excluding ortho intramolecular Hbond substituents is 1. The number of aliphatic hydroxyl groups excluding tert-OH is 2. The number of hydrogen-bond donors (Lipinski definition) is 6. The average molecular weight is 530 g/mol. The molecule has 11 nitrogen and oxygen atoms in total. The third-order valence-electron chi connectivity index (χ3n) is 7.82. The summed E-state index contributed by atoms with van der Waals surface area (Å²) in [6, 6.07) is 0.392.